The molecular formula is C13H28N2O3. The maximum atomic E-state index is 11.0. The first-order chi connectivity index (χ1) is 8.61. The van der Waals surface area contributed by atoms with Crippen LogP contribution in [-0.4, -0.2) is 63.4 Å². The summed E-state index contributed by atoms with van der Waals surface area (Å²) >= 11 is 0. The van der Waals surface area contributed by atoms with Crippen LogP contribution in [0.2, 0.25) is 0 Å². The largest absolute Gasteiger partial charge is 0.464 e. The van der Waals surface area contributed by atoms with E-state index in [1.807, 2.05) is 0 Å². The van der Waals surface area contributed by atoms with Crippen LogP contribution in [0.25, 0.3) is 0 Å². The number of rotatable bonds is 11. The monoisotopic (exact) mass is 260 g/mol. The summed E-state index contributed by atoms with van der Waals surface area (Å²) in [6, 6.07) is 0.617. The van der Waals surface area contributed by atoms with Crippen LogP contribution >= 0.6 is 0 Å². The molecule has 5 nitrogen and oxygen atoms in total. The summed E-state index contributed by atoms with van der Waals surface area (Å²) in [7, 11) is 2.13. The van der Waals surface area contributed by atoms with Gasteiger partial charge in [0.2, 0.25) is 0 Å². The summed E-state index contributed by atoms with van der Waals surface area (Å²) in [5.74, 6) is -0.297. The van der Waals surface area contributed by atoms with Gasteiger partial charge in [0.1, 0.15) is 6.61 Å². The van der Waals surface area contributed by atoms with Crippen LogP contribution in [0, 0.1) is 0 Å². The number of carbonyl (C=O) groups excluding carboxylic acids is 1. The molecule has 0 saturated carbocycles. The van der Waals surface area contributed by atoms with Gasteiger partial charge < -0.3 is 19.7 Å². The Morgan fingerprint density at radius 2 is 2.06 bits per heavy atom. The van der Waals surface area contributed by atoms with Gasteiger partial charge in [-0.05, 0) is 27.3 Å². The SMILES string of the molecule is CCOC(=O)COCCNCCN(C)C(C)CC. The fraction of sp³-hybridized carbons (Fsp3) is 0.923. The average Bonchev–Trinajstić information content (AvgIpc) is 2.36. The van der Waals surface area contributed by atoms with Crippen molar-refractivity contribution in [3.63, 3.8) is 0 Å². The van der Waals surface area contributed by atoms with Gasteiger partial charge in [-0.3, -0.25) is 0 Å². The zero-order valence-electron chi connectivity index (χ0n) is 12.2. The maximum absolute atomic E-state index is 11.0. The molecule has 0 spiro atoms. The Kier molecular flexibility index (Phi) is 11.0. The molecule has 1 atom stereocenters. The van der Waals surface area contributed by atoms with E-state index in [9.17, 15) is 4.79 Å². The lowest BCUT2D eigenvalue weighted by Gasteiger charge is -2.23. The third-order valence-corrected chi connectivity index (χ3v) is 2.93. The summed E-state index contributed by atoms with van der Waals surface area (Å²) in [4.78, 5) is 13.3. The Balaban J connectivity index is 3.28. The highest BCUT2D eigenvalue weighted by Gasteiger charge is 2.05. The number of esters is 1. The highest BCUT2D eigenvalue weighted by molar-refractivity contribution is 5.70. The molecule has 0 aromatic heterocycles. The molecule has 0 aromatic rings. The standard InChI is InChI=1S/C13H28N2O3/c1-5-12(3)15(4)9-7-14-8-10-17-11-13(16)18-6-2/h12,14H,5-11H2,1-4H3. The van der Waals surface area contributed by atoms with E-state index in [4.69, 9.17) is 9.47 Å². The van der Waals surface area contributed by atoms with Gasteiger partial charge in [0.05, 0.1) is 13.2 Å². The second-order valence-corrected chi connectivity index (χ2v) is 4.35. The first-order valence-electron chi connectivity index (χ1n) is 6.76. The smallest absolute Gasteiger partial charge is 0.332 e. The van der Waals surface area contributed by atoms with Crippen LogP contribution in [0.5, 0.6) is 0 Å². The topological polar surface area (TPSA) is 50.8 Å². The molecule has 108 valence electrons. The van der Waals surface area contributed by atoms with Gasteiger partial charge in [0.15, 0.2) is 0 Å². The van der Waals surface area contributed by atoms with Crippen LogP contribution < -0.4 is 5.32 Å². The Bertz CT molecular complexity index is 212. The van der Waals surface area contributed by atoms with E-state index in [1.165, 1.54) is 6.42 Å². The fourth-order valence-electron chi connectivity index (χ4n) is 1.41. The average molecular weight is 260 g/mol. The van der Waals surface area contributed by atoms with E-state index in [0.29, 0.717) is 19.3 Å². The van der Waals surface area contributed by atoms with Crippen molar-refractivity contribution in [2.24, 2.45) is 0 Å². The molecule has 5 heteroatoms. The number of nitrogens with one attached hydrogen (secondary N) is 1. The van der Waals surface area contributed by atoms with Crippen molar-refractivity contribution < 1.29 is 14.3 Å². The Morgan fingerprint density at radius 1 is 1.33 bits per heavy atom. The molecule has 0 aromatic carbocycles. The van der Waals surface area contributed by atoms with Crippen molar-refractivity contribution in [3.8, 4) is 0 Å². The Hall–Kier alpha value is -0.650. The minimum absolute atomic E-state index is 0.0439. The number of hydrogen-bond acceptors (Lipinski definition) is 5. The van der Waals surface area contributed by atoms with E-state index in [1.54, 1.807) is 6.92 Å². The number of carbonyl (C=O) groups is 1. The lowest BCUT2D eigenvalue weighted by Crippen LogP contribution is -2.36. The maximum Gasteiger partial charge on any atom is 0.332 e. The number of likely N-dealkylation sites (N-methyl/N-ethyl adjacent to an activating group) is 1. The van der Waals surface area contributed by atoms with Crippen molar-refractivity contribution in [3.05, 3.63) is 0 Å². The van der Waals surface area contributed by atoms with Gasteiger partial charge in [-0.1, -0.05) is 6.92 Å². The lowest BCUT2D eigenvalue weighted by molar-refractivity contribution is -0.148. The van der Waals surface area contributed by atoms with Crippen molar-refractivity contribution in [2.45, 2.75) is 33.2 Å². The van der Waals surface area contributed by atoms with E-state index in [-0.39, 0.29) is 12.6 Å². The van der Waals surface area contributed by atoms with Gasteiger partial charge in [-0.2, -0.15) is 0 Å². The van der Waals surface area contributed by atoms with Crippen LogP contribution in [0.1, 0.15) is 27.2 Å². The van der Waals surface area contributed by atoms with Crippen molar-refractivity contribution in [1.82, 2.24) is 10.2 Å². The number of ether oxygens (including phenoxy) is 2. The van der Waals surface area contributed by atoms with Crippen LogP contribution in [-0.2, 0) is 14.3 Å². The second kappa shape index (κ2) is 11.4. The molecule has 1 unspecified atom stereocenters. The fourth-order valence-corrected chi connectivity index (χ4v) is 1.41. The predicted molar refractivity (Wildman–Crippen MR) is 72.7 cm³/mol. The van der Waals surface area contributed by atoms with Crippen molar-refractivity contribution in [1.29, 1.82) is 0 Å². The predicted octanol–water partition coefficient (Wildman–Crippen LogP) is 0.886. The van der Waals surface area contributed by atoms with Gasteiger partial charge in [0.25, 0.3) is 0 Å². The van der Waals surface area contributed by atoms with Gasteiger partial charge >= 0.3 is 5.97 Å². The summed E-state index contributed by atoms with van der Waals surface area (Å²) in [5, 5.41) is 3.28. The number of nitrogens with zero attached hydrogens (tertiary/aromatic N) is 1. The molecular weight excluding hydrogens is 232 g/mol. The van der Waals surface area contributed by atoms with E-state index in [0.717, 1.165) is 19.6 Å². The highest BCUT2D eigenvalue weighted by Crippen LogP contribution is 1.97. The molecule has 0 bridgehead atoms. The van der Waals surface area contributed by atoms with E-state index >= 15 is 0 Å². The molecule has 0 radical (unpaired) electrons. The Morgan fingerprint density at radius 3 is 2.67 bits per heavy atom. The van der Waals surface area contributed by atoms with Gasteiger partial charge in [-0.15, -0.1) is 0 Å². The number of hydrogen-bond donors (Lipinski definition) is 1. The zero-order valence-corrected chi connectivity index (χ0v) is 12.2. The van der Waals surface area contributed by atoms with Crippen LogP contribution in [0.3, 0.4) is 0 Å². The molecule has 0 heterocycles. The third-order valence-electron chi connectivity index (χ3n) is 2.93. The molecule has 0 aliphatic heterocycles. The minimum Gasteiger partial charge on any atom is -0.464 e. The Labute approximate surface area is 111 Å². The van der Waals surface area contributed by atoms with Crippen molar-refractivity contribution >= 4 is 5.97 Å². The molecule has 0 aliphatic rings. The molecule has 0 saturated heterocycles. The molecule has 0 aliphatic carbocycles. The van der Waals surface area contributed by atoms with Crippen molar-refractivity contribution in [2.75, 3.05) is 46.5 Å². The zero-order chi connectivity index (χ0) is 13.8. The van der Waals surface area contributed by atoms with Gasteiger partial charge in [0, 0.05) is 25.7 Å². The molecule has 1 N–H and O–H groups in total. The molecule has 0 fully saturated rings. The molecule has 0 amide bonds. The summed E-state index contributed by atoms with van der Waals surface area (Å²) < 4.78 is 9.92. The summed E-state index contributed by atoms with van der Waals surface area (Å²) in [5.41, 5.74) is 0. The van der Waals surface area contributed by atoms with E-state index in [2.05, 4.69) is 31.1 Å². The third kappa shape index (κ3) is 9.39. The van der Waals surface area contributed by atoms with E-state index < -0.39 is 0 Å². The van der Waals surface area contributed by atoms with Crippen LogP contribution in [0.15, 0.2) is 0 Å². The summed E-state index contributed by atoms with van der Waals surface area (Å²) in [6.07, 6.45) is 1.17. The quantitative estimate of drug-likeness (QED) is 0.441. The van der Waals surface area contributed by atoms with Gasteiger partial charge in [-0.25, -0.2) is 4.79 Å². The van der Waals surface area contributed by atoms with Crippen LogP contribution in [0.4, 0.5) is 0 Å². The molecule has 18 heavy (non-hydrogen) atoms. The first kappa shape index (κ1) is 17.4. The normalized spacial score (nSPS) is 12.7. The molecule has 0 rings (SSSR count). The lowest BCUT2D eigenvalue weighted by atomic mass is 10.2. The summed E-state index contributed by atoms with van der Waals surface area (Å²) in [6.45, 7) is 9.90. The minimum atomic E-state index is -0.297. The first-order valence-corrected chi connectivity index (χ1v) is 6.76. The highest BCUT2D eigenvalue weighted by atomic mass is 16.6. The second-order valence-electron chi connectivity index (χ2n) is 4.35.